The minimum absolute atomic E-state index is 0.0449. The second-order valence-electron chi connectivity index (χ2n) is 7.21. The van der Waals surface area contributed by atoms with Crippen LogP contribution >= 0.6 is 0 Å². The summed E-state index contributed by atoms with van der Waals surface area (Å²) in [5.41, 5.74) is 3.40. The largest absolute Gasteiger partial charge is 0.360 e. The molecule has 5 heteroatoms. The number of anilines is 2. The van der Waals surface area contributed by atoms with Crippen molar-refractivity contribution in [2.24, 2.45) is 0 Å². The van der Waals surface area contributed by atoms with E-state index in [0.29, 0.717) is 0 Å². The molecule has 0 radical (unpaired) electrons. The summed E-state index contributed by atoms with van der Waals surface area (Å²) in [6.07, 6.45) is 0.947. The van der Waals surface area contributed by atoms with Gasteiger partial charge in [-0.2, -0.15) is 0 Å². The number of hydrogen-bond donors (Lipinski definition) is 1. The van der Waals surface area contributed by atoms with Crippen molar-refractivity contribution < 1.29 is 14.1 Å². The maximum absolute atomic E-state index is 13.1. The van der Waals surface area contributed by atoms with Crippen molar-refractivity contribution in [3.63, 3.8) is 0 Å². The molecule has 4 nitrogen and oxygen atoms in total. The van der Waals surface area contributed by atoms with Gasteiger partial charge < -0.3 is 14.7 Å². The van der Waals surface area contributed by atoms with E-state index in [4.69, 9.17) is 0 Å². The van der Waals surface area contributed by atoms with Gasteiger partial charge in [0.05, 0.1) is 26.2 Å². The first-order valence-corrected chi connectivity index (χ1v) is 9.38. The molecular weight excluding hydrogens is 329 g/mol. The number of nitrogens with one attached hydrogen (secondary N) is 1. The molecule has 0 bridgehead atoms. The Morgan fingerprint density at radius 2 is 1.73 bits per heavy atom. The number of carbonyl (C=O) groups is 1. The standard InChI is InChI=1S/C21H24FN3O/c1-16(21(26)25-11-10-17-4-2-3-5-20(17)25)23-12-14-24(15-13-23)19-8-6-18(22)7-9-19/h2-9,16H,10-15H2,1H3/p+1/t16-/m1/s1. The van der Waals surface area contributed by atoms with Gasteiger partial charge in [-0.1, -0.05) is 18.2 Å². The van der Waals surface area contributed by atoms with Gasteiger partial charge in [0, 0.05) is 17.9 Å². The molecule has 0 aliphatic carbocycles. The van der Waals surface area contributed by atoms with Crippen molar-refractivity contribution in [1.29, 1.82) is 0 Å². The van der Waals surface area contributed by atoms with Crippen LogP contribution in [0.5, 0.6) is 0 Å². The Labute approximate surface area is 153 Å². The molecule has 1 fully saturated rings. The highest BCUT2D eigenvalue weighted by molar-refractivity contribution is 5.97. The Balaban J connectivity index is 1.38. The van der Waals surface area contributed by atoms with Crippen molar-refractivity contribution in [3.8, 4) is 0 Å². The lowest BCUT2D eigenvalue weighted by Crippen LogP contribution is -3.19. The Morgan fingerprint density at radius 1 is 1.04 bits per heavy atom. The molecule has 1 amide bonds. The van der Waals surface area contributed by atoms with Crippen molar-refractivity contribution in [2.45, 2.75) is 19.4 Å². The van der Waals surface area contributed by atoms with Crippen LogP contribution in [0.25, 0.3) is 0 Å². The second kappa shape index (κ2) is 7.08. The maximum atomic E-state index is 13.1. The van der Waals surface area contributed by atoms with Crippen LogP contribution in [0, 0.1) is 5.82 Å². The average Bonchev–Trinajstić information content (AvgIpc) is 3.12. The van der Waals surface area contributed by atoms with Gasteiger partial charge in [-0.25, -0.2) is 4.39 Å². The summed E-state index contributed by atoms with van der Waals surface area (Å²) < 4.78 is 13.1. The lowest BCUT2D eigenvalue weighted by atomic mass is 10.1. The zero-order valence-corrected chi connectivity index (χ0v) is 15.1. The molecule has 2 aliphatic rings. The van der Waals surface area contributed by atoms with Crippen LogP contribution < -0.4 is 14.7 Å². The first-order chi connectivity index (χ1) is 12.6. The Bertz CT molecular complexity index is 784. The van der Waals surface area contributed by atoms with Gasteiger partial charge >= 0.3 is 0 Å². The lowest BCUT2D eigenvalue weighted by Gasteiger charge is -2.37. The molecule has 0 aromatic heterocycles. The van der Waals surface area contributed by atoms with Crippen LogP contribution in [0.2, 0.25) is 0 Å². The van der Waals surface area contributed by atoms with Crippen LogP contribution in [0.15, 0.2) is 48.5 Å². The molecule has 0 spiro atoms. The molecule has 1 saturated heterocycles. The molecule has 4 rings (SSSR count). The predicted octanol–water partition coefficient (Wildman–Crippen LogP) is 1.51. The van der Waals surface area contributed by atoms with Crippen LogP contribution in [0.1, 0.15) is 12.5 Å². The Hall–Kier alpha value is -2.40. The summed E-state index contributed by atoms with van der Waals surface area (Å²) in [6, 6.07) is 14.8. The molecule has 1 atom stereocenters. The quantitative estimate of drug-likeness (QED) is 0.905. The number of rotatable bonds is 3. The molecule has 0 unspecified atom stereocenters. The third kappa shape index (κ3) is 3.19. The second-order valence-corrected chi connectivity index (χ2v) is 7.21. The summed E-state index contributed by atoms with van der Waals surface area (Å²) in [4.78, 5) is 18.6. The van der Waals surface area contributed by atoms with E-state index in [0.717, 1.165) is 50.5 Å². The summed E-state index contributed by atoms with van der Waals surface area (Å²) in [5, 5.41) is 0. The van der Waals surface area contributed by atoms with Crippen LogP contribution in [-0.4, -0.2) is 44.7 Å². The maximum Gasteiger partial charge on any atom is 0.284 e. The molecule has 0 saturated carbocycles. The number of amides is 1. The van der Waals surface area contributed by atoms with Crippen LogP contribution in [0.3, 0.4) is 0 Å². The normalized spacial score (nSPS) is 18.7. The summed E-state index contributed by atoms with van der Waals surface area (Å²) >= 11 is 0. The van der Waals surface area contributed by atoms with E-state index in [-0.39, 0.29) is 17.8 Å². The fourth-order valence-corrected chi connectivity index (χ4v) is 4.11. The monoisotopic (exact) mass is 354 g/mol. The molecule has 2 aliphatic heterocycles. The number of fused-ring (bicyclic) bond motifs is 1. The highest BCUT2D eigenvalue weighted by atomic mass is 19.1. The fourth-order valence-electron chi connectivity index (χ4n) is 4.11. The minimum Gasteiger partial charge on any atom is -0.360 e. The van der Waals surface area contributed by atoms with Crippen molar-refractivity contribution in [3.05, 3.63) is 59.9 Å². The molecule has 1 N–H and O–H groups in total. The van der Waals surface area contributed by atoms with E-state index in [1.807, 2.05) is 36.1 Å². The average molecular weight is 354 g/mol. The highest BCUT2D eigenvalue weighted by Crippen LogP contribution is 2.27. The number of para-hydroxylation sites is 1. The van der Waals surface area contributed by atoms with Gasteiger partial charge in [0.1, 0.15) is 5.82 Å². The number of hydrogen-bond acceptors (Lipinski definition) is 2. The van der Waals surface area contributed by atoms with Gasteiger partial charge in [0.25, 0.3) is 5.91 Å². The van der Waals surface area contributed by atoms with E-state index in [1.165, 1.54) is 22.6 Å². The number of carbonyl (C=O) groups excluding carboxylic acids is 1. The van der Waals surface area contributed by atoms with E-state index < -0.39 is 0 Å². The van der Waals surface area contributed by atoms with Crippen molar-refractivity contribution >= 4 is 17.3 Å². The highest BCUT2D eigenvalue weighted by Gasteiger charge is 2.35. The third-order valence-electron chi connectivity index (χ3n) is 5.73. The lowest BCUT2D eigenvalue weighted by molar-refractivity contribution is -0.914. The first-order valence-electron chi connectivity index (χ1n) is 9.38. The van der Waals surface area contributed by atoms with Crippen molar-refractivity contribution in [2.75, 3.05) is 42.5 Å². The molecular formula is C21H25FN3O+. The molecule has 2 aromatic rings. The smallest absolute Gasteiger partial charge is 0.284 e. The molecule has 136 valence electrons. The number of benzene rings is 2. The molecule has 26 heavy (non-hydrogen) atoms. The van der Waals surface area contributed by atoms with Gasteiger partial charge in [0.2, 0.25) is 0 Å². The Kier molecular flexibility index (Phi) is 4.64. The van der Waals surface area contributed by atoms with E-state index in [1.54, 1.807) is 0 Å². The number of halogens is 1. The number of quaternary nitrogens is 1. The third-order valence-corrected chi connectivity index (χ3v) is 5.73. The summed E-state index contributed by atoms with van der Waals surface area (Å²) in [7, 11) is 0. The minimum atomic E-state index is -0.205. The van der Waals surface area contributed by atoms with E-state index in [2.05, 4.69) is 17.0 Å². The predicted molar refractivity (Wildman–Crippen MR) is 101 cm³/mol. The number of piperazine rings is 1. The summed E-state index contributed by atoms with van der Waals surface area (Å²) in [5.74, 6) is 0.0170. The zero-order chi connectivity index (χ0) is 18.1. The SMILES string of the molecule is C[C@H](C(=O)N1CCc2ccccc21)[NH+]1CCN(c2ccc(F)cc2)CC1. The zero-order valence-electron chi connectivity index (χ0n) is 15.1. The summed E-state index contributed by atoms with van der Waals surface area (Å²) in [6.45, 7) is 6.44. The molecule has 2 aromatic carbocycles. The van der Waals surface area contributed by atoms with Crippen molar-refractivity contribution in [1.82, 2.24) is 0 Å². The van der Waals surface area contributed by atoms with Crippen LogP contribution in [-0.2, 0) is 11.2 Å². The van der Waals surface area contributed by atoms with E-state index in [9.17, 15) is 9.18 Å². The number of nitrogens with zero attached hydrogens (tertiary/aromatic N) is 2. The van der Waals surface area contributed by atoms with Gasteiger partial charge in [-0.3, -0.25) is 4.79 Å². The fraction of sp³-hybridized carbons (Fsp3) is 0.381. The van der Waals surface area contributed by atoms with E-state index >= 15 is 0 Å². The van der Waals surface area contributed by atoms with Gasteiger partial charge in [-0.05, 0) is 49.2 Å². The van der Waals surface area contributed by atoms with Gasteiger partial charge in [-0.15, -0.1) is 0 Å². The van der Waals surface area contributed by atoms with Gasteiger partial charge in [0.15, 0.2) is 6.04 Å². The Morgan fingerprint density at radius 3 is 2.46 bits per heavy atom. The van der Waals surface area contributed by atoms with Crippen LogP contribution in [0.4, 0.5) is 15.8 Å². The molecule has 2 heterocycles. The first kappa shape index (κ1) is 17.0. The topological polar surface area (TPSA) is 28.0 Å².